The van der Waals surface area contributed by atoms with Crippen LogP contribution in [0.4, 0.5) is 9.59 Å². The van der Waals surface area contributed by atoms with Gasteiger partial charge in [0.1, 0.15) is 0 Å². The second-order valence-corrected chi connectivity index (χ2v) is 3.64. The van der Waals surface area contributed by atoms with Gasteiger partial charge in [-0.3, -0.25) is 4.79 Å². The first-order valence-corrected chi connectivity index (χ1v) is 4.53. The Morgan fingerprint density at radius 2 is 1.69 bits per heavy atom. The number of urea groups is 1. The van der Waals surface area contributed by atoms with Crippen LogP contribution in [0.15, 0.2) is 0 Å². The Kier molecular flexibility index (Phi) is 4.77. The lowest BCUT2D eigenvalue weighted by Gasteiger charge is -2.23. The Bertz CT molecular complexity index is 204. The third-order valence-corrected chi connectivity index (χ3v) is 1.52. The van der Waals surface area contributed by atoms with Gasteiger partial charge in [0, 0.05) is 12.1 Å². The van der Waals surface area contributed by atoms with Crippen molar-refractivity contribution in [1.29, 1.82) is 0 Å². The minimum atomic E-state index is -0.756. The lowest BCUT2D eigenvalue weighted by Crippen LogP contribution is -2.47. The molecule has 0 rings (SSSR count). The van der Waals surface area contributed by atoms with Gasteiger partial charge in [-0.05, 0) is 39.3 Å². The molecule has 0 radical (unpaired) electrons. The molecule has 13 heavy (non-hydrogen) atoms. The van der Waals surface area contributed by atoms with Gasteiger partial charge in [0.2, 0.25) is 0 Å². The molecular formula is C8H15ClN2O2. The van der Waals surface area contributed by atoms with Crippen LogP contribution in [0.5, 0.6) is 0 Å². The lowest BCUT2D eigenvalue weighted by atomic mass is 10.3. The Balaban J connectivity index is 4.38. The molecule has 1 N–H and O–H groups in total. The van der Waals surface area contributed by atoms with Gasteiger partial charge in [-0.1, -0.05) is 0 Å². The summed E-state index contributed by atoms with van der Waals surface area (Å²) in [4.78, 5) is 23.2. The van der Waals surface area contributed by atoms with E-state index in [1.807, 2.05) is 13.8 Å². The van der Waals surface area contributed by atoms with Gasteiger partial charge in [-0.15, -0.1) is 0 Å². The minimum absolute atomic E-state index is 0.00948. The molecule has 0 aliphatic carbocycles. The summed E-state index contributed by atoms with van der Waals surface area (Å²) in [5.74, 6) is 0. The number of carbonyl (C=O) groups excluding carboxylic acids is 2. The van der Waals surface area contributed by atoms with Crippen molar-refractivity contribution in [1.82, 2.24) is 10.2 Å². The predicted octanol–water partition coefficient (Wildman–Crippen LogP) is 2.17. The van der Waals surface area contributed by atoms with Gasteiger partial charge < -0.3 is 5.32 Å². The number of hydrogen-bond acceptors (Lipinski definition) is 2. The Hall–Kier alpha value is -0.770. The van der Waals surface area contributed by atoms with Crippen LogP contribution in [0.25, 0.3) is 0 Å². The van der Waals surface area contributed by atoms with Crippen molar-refractivity contribution in [2.24, 2.45) is 0 Å². The van der Waals surface area contributed by atoms with E-state index in [1.54, 1.807) is 13.8 Å². The number of halogens is 1. The van der Waals surface area contributed by atoms with Crippen molar-refractivity contribution in [3.05, 3.63) is 0 Å². The number of carbonyl (C=O) groups is 2. The molecule has 0 aromatic carbocycles. The molecule has 0 atom stereocenters. The minimum Gasteiger partial charge on any atom is -0.335 e. The number of amides is 3. The molecule has 3 amide bonds. The SMILES string of the molecule is CC(C)NC(=O)N(C(=O)Cl)C(C)C. The van der Waals surface area contributed by atoms with Gasteiger partial charge in [0.05, 0.1) is 0 Å². The zero-order chi connectivity index (χ0) is 10.6. The first kappa shape index (κ1) is 12.2. The van der Waals surface area contributed by atoms with E-state index in [9.17, 15) is 9.59 Å². The van der Waals surface area contributed by atoms with Gasteiger partial charge in [-0.25, -0.2) is 9.69 Å². The summed E-state index contributed by atoms with van der Waals surface area (Å²) in [5, 5.41) is 1.83. The van der Waals surface area contributed by atoms with Gasteiger partial charge in [0.15, 0.2) is 0 Å². The zero-order valence-electron chi connectivity index (χ0n) is 8.30. The first-order chi connectivity index (χ1) is 5.86. The fraction of sp³-hybridized carbons (Fsp3) is 0.750. The number of rotatable bonds is 2. The van der Waals surface area contributed by atoms with Crippen molar-refractivity contribution in [2.75, 3.05) is 0 Å². The van der Waals surface area contributed by atoms with Crippen LogP contribution in [-0.4, -0.2) is 28.4 Å². The van der Waals surface area contributed by atoms with E-state index >= 15 is 0 Å². The fourth-order valence-electron chi connectivity index (χ4n) is 0.834. The van der Waals surface area contributed by atoms with Crippen molar-refractivity contribution in [2.45, 2.75) is 39.8 Å². The number of imide groups is 1. The van der Waals surface area contributed by atoms with Crippen LogP contribution in [0.1, 0.15) is 27.7 Å². The third kappa shape index (κ3) is 4.12. The standard InChI is InChI=1S/C8H15ClN2O2/c1-5(2)10-8(13)11(6(3)4)7(9)12/h5-6H,1-4H3,(H,10,13). The van der Waals surface area contributed by atoms with Crippen LogP contribution in [0.3, 0.4) is 0 Å². The summed E-state index contributed by atoms with van der Waals surface area (Å²) in [5.41, 5.74) is 0. The molecular weight excluding hydrogens is 192 g/mol. The van der Waals surface area contributed by atoms with Crippen molar-refractivity contribution < 1.29 is 9.59 Å². The molecule has 76 valence electrons. The number of nitrogens with one attached hydrogen (secondary N) is 1. The summed E-state index contributed by atoms with van der Waals surface area (Å²) < 4.78 is 0. The highest BCUT2D eigenvalue weighted by atomic mass is 35.5. The summed E-state index contributed by atoms with van der Waals surface area (Å²) in [6, 6.07) is -0.696. The maximum absolute atomic E-state index is 11.3. The Labute approximate surface area is 83.2 Å². The highest BCUT2D eigenvalue weighted by Crippen LogP contribution is 2.04. The molecule has 0 unspecified atom stereocenters. The smallest absolute Gasteiger partial charge is 0.325 e. The molecule has 0 aromatic rings. The summed E-state index contributed by atoms with van der Waals surface area (Å²) in [6.07, 6.45) is 0. The summed E-state index contributed by atoms with van der Waals surface area (Å²) >= 11 is 5.24. The number of hydrogen-bond donors (Lipinski definition) is 1. The molecule has 0 saturated heterocycles. The van der Waals surface area contributed by atoms with Gasteiger partial charge >= 0.3 is 11.4 Å². The van der Waals surface area contributed by atoms with Crippen molar-refractivity contribution in [3.63, 3.8) is 0 Å². The van der Waals surface area contributed by atoms with Crippen LogP contribution in [0, 0.1) is 0 Å². The lowest BCUT2D eigenvalue weighted by molar-refractivity contribution is 0.187. The van der Waals surface area contributed by atoms with Crippen LogP contribution < -0.4 is 5.32 Å². The van der Waals surface area contributed by atoms with Crippen LogP contribution >= 0.6 is 11.6 Å². The van der Waals surface area contributed by atoms with E-state index in [2.05, 4.69) is 5.32 Å². The maximum atomic E-state index is 11.3. The van der Waals surface area contributed by atoms with Crippen molar-refractivity contribution in [3.8, 4) is 0 Å². The van der Waals surface area contributed by atoms with Crippen LogP contribution in [-0.2, 0) is 0 Å². The third-order valence-electron chi connectivity index (χ3n) is 1.34. The van der Waals surface area contributed by atoms with E-state index in [0.717, 1.165) is 4.90 Å². The highest BCUT2D eigenvalue weighted by molar-refractivity contribution is 6.64. The molecule has 0 aliphatic heterocycles. The Morgan fingerprint density at radius 3 is 1.92 bits per heavy atom. The van der Waals surface area contributed by atoms with Crippen LogP contribution in [0.2, 0.25) is 0 Å². The molecule has 0 fully saturated rings. The average molecular weight is 207 g/mol. The highest BCUT2D eigenvalue weighted by Gasteiger charge is 2.22. The van der Waals surface area contributed by atoms with Gasteiger partial charge in [0.25, 0.3) is 0 Å². The average Bonchev–Trinajstić information content (AvgIpc) is 1.81. The molecule has 4 nitrogen and oxygen atoms in total. The van der Waals surface area contributed by atoms with E-state index < -0.39 is 11.4 Å². The zero-order valence-corrected chi connectivity index (χ0v) is 9.05. The molecule has 5 heteroatoms. The predicted molar refractivity (Wildman–Crippen MR) is 51.9 cm³/mol. The van der Waals surface area contributed by atoms with E-state index in [4.69, 9.17) is 11.6 Å². The fourth-order valence-corrected chi connectivity index (χ4v) is 1.11. The van der Waals surface area contributed by atoms with E-state index in [0.29, 0.717) is 0 Å². The van der Waals surface area contributed by atoms with Gasteiger partial charge in [-0.2, -0.15) is 0 Å². The van der Waals surface area contributed by atoms with E-state index in [1.165, 1.54) is 0 Å². The van der Waals surface area contributed by atoms with Crippen molar-refractivity contribution >= 4 is 23.0 Å². The molecule has 0 aromatic heterocycles. The molecule has 0 bridgehead atoms. The molecule has 0 saturated carbocycles. The molecule has 0 heterocycles. The monoisotopic (exact) mass is 206 g/mol. The summed E-state index contributed by atoms with van der Waals surface area (Å²) in [6.45, 7) is 7.07. The maximum Gasteiger partial charge on any atom is 0.325 e. The Morgan fingerprint density at radius 1 is 1.23 bits per heavy atom. The topological polar surface area (TPSA) is 49.4 Å². The normalized spacial score (nSPS) is 10.4. The summed E-state index contributed by atoms with van der Waals surface area (Å²) in [7, 11) is 0. The largest absolute Gasteiger partial charge is 0.335 e. The quantitative estimate of drug-likeness (QED) is 0.556. The molecule has 0 aliphatic rings. The second-order valence-electron chi connectivity index (χ2n) is 3.32. The number of nitrogens with zero attached hydrogens (tertiary/aromatic N) is 1. The first-order valence-electron chi connectivity index (χ1n) is 4.15. The van der Waals surface area contributed by atoms with E-state index in [-0.39, 0.29) is 12.1 Å². The second kappa shape index (κ2) is 5.07. The molecule has 0 spiro atoms.